The van der Waals surface area contributed by atoms with E-state index in [0.29, 0.717) is 0 Å². The molecule has 5 nitrogen and oxygen atoms in total. The number of benzene rings is 1. The summed E-state index contributed by atoms with van der Waals surface area (Å²) in [7, 11) is 0. The van der Waals surface area contributed by atoms with Gasteiger partial charge in [-0.2, -0.15) is 0 Å². The second-order valence-corrected chi connectivity index (χ2v) is 7.53. The molecular weight excluding hydrogens is 330 g/mol. The van der Waals surface area contributed by atoms with Crippen LogP contribution in [0.3, 0.4) is 0 Å². The molecule has 3 heterocycles. The number of nitrogens with one attached hydrogen (secondary N) is 3. The fourth-order valence-corrected chi connectivity index (χ4v) is 4.91. The zero-order valence-electron chi connectivity index (χ0n) is 13.8. The van der Waals surface area contributed by atoms with Gasteiger partial charge >= 0.3 is 0 Å². The number of aryl methyl sites for hydroxylation is 2. The Hall–Kier alpha value is -2.44. The van der Waals surface area contributed by atoms with Crippen LogP contribution in [0.4, 0.5) is 5.82 Å². The van der Waals surface area contributed by atoms with Crippen molar-refractivity contribution in [3.63, 3.8) is 0 Å². The molecule has 3 N–H and O–H groups in total. The third kappa shape index (κ3) is 2.58. The Morgan fingerprint density at radius 2 is 2.04 bits per heavy atom. The number of hydrogen-bond donors (Lipinski definition) is 3. The second-order valence-electron chi connectivity index (χ2n) is 6.45. The van der Waals surface area contributed by atoms with Gasteiger partial charge in [0.2, 0.25) is 0 Å². The van der Waals surface area contributed by atoms with Crippen molar-refractivity contribution in [1.29, 1.82) is 0 Å². The van der Waals surface area contributed by atoms with E-state index in [1.807, 2.05) is 17.4 Å². The van der Waals surface area contributed by atoms with Crippen LogP contribution in [-0.4, -0.2) is 15.0 Å². The van der Waals surface area contributed by atoms with E-state index in [4.69, 9.17) is 0 Å². The van der Waals surface area contributed by atoms with Crippen LogP contribution < -0.4 is 10.9 Å². The van der Waals surface area contributed by atoms with E-state index < -0.39 is 0 Å². The van der Waals surface area contributed by atoms with Gasteiger partial charge in [-0.05, 0) is 42.9 Å². The van der Waals surface area contributed by atoms with Crippen LogP contribution in [0, 0.1) is 0 Å². The number of aromatic nitrogens is 3. The molecule has 3 aromatic heterocycles. The third-order valence-electron chi connectivity index (χ3n) is 4.91. The highest BCUT2D eigenvalue weighted by Crippen LogP contribution is 2.37. The molecule has 126 valence electrons. The number of fused-ring (bicyclic) bond motifs is 4. The van der Waals surface area contributed by atoms with Crippen LogP contribution in [0.15, 0.2) is 36.8 Å². The van der Waals surface area contributed by atoms with Crippen LogP contribution in [0.1, 0.15) is 28.8 Å². The van der Waals surface area contributed by atoms with Gasteiger partial charge in [-0.1, -0.05) is 18.2 Å². The predicted octanol–water partition coefficient (Wildman–Crippen LogP) is 4.17. The van der Waals surface area contributed by atoms with Gasteiger partial charge in [-0.25, -0.2) is 15.4 Å². The molecule has 0 radical (unpaired) electrons. The van der Waals surface area contributed by atoms with Crippen molar-refractivity contribution in [1.82, 2.24) is 20.4 Å². The molecule has 1 aliphatic rings. The molecule has 0 saturated heterocycles. The lowest BCUT2D eigenvalue weighted by Crippen LogP contribution is -2.22. The molecule has 0 saturated carbocycles. The minimum atomic E-state index is 0.724. The number of anilines is 1. The van der Waals surface area contributed by atoms with Gasteiger partial charge in [0.1, 0.15) is 11.2 Å². The summed E-state index contributed by atoms with van der Waals surface area (Å²) in [5, 5.41) is 2.45. The zero-order valence-corrected chi connectivity index (χ0v) is 14.6. The molecule has 0 unspecified atom stereocenters. The number of hydrazine groups is 1. The van der Waals surface area contributed by atoms with Gasteiger partial charge in [0.15, 0.2) is 5.82 Å². The molecule has 0 aliphatic heterocycles. The molecule has 0 bridgehead atoms. The van der Waals surface area contributed by atoms with Gasteiger partial charge in [0.25, 0.3) is 0 Å². The van der Waals surface area contributed by atoms with Crippen molar-refractivity contribution in [3.8, 4) is 0 Å². The molecule has 25 heavy (non-hydrogen) atoms. The number of hydrogen-bond acceptors (Lipinski definition) is 5. The van der Waals surface area contributed by atoms with Crippen molar-refractivity contribution in [2.75, 3.05) is 5.43 Å². The van der Waals surface area contributed by atoms with E-state index in [-0.39, 0.29) is 0 Å². The molecule has 0 fully saturated rings. The van der Waals surface area contributed by atoms with E-state index in [9.17, 15) is 0 Å². The summed E-state index contributed by atoms with van der Waals surface area (Å²) in [6.45, 7) is 0.724. The predicted molar refractivity (Wildman–Crippen MR) is 103 cm³/mol. The Morgan fingerprint density at radius 3 is 3.04 bits per heavy atom. The Labute approximate surface area is 149 Å². The summed E-state index contributed by atoms with van der Waals surface area (Å²) in [4.78, 5) is 14.9. The summed E-state index contributed by atoms with van der Waals surface area (Å²) >= 11 is 1.82. The monoisotopic (exact) mass is 349 g/mol. The molecular formula is C19H19N5S. The van der Waals surface area contributed by atoms with Gasteiger partial charge in [0.05, 0.1) is 5.39 Å². The van der Waals surface area contributed by atoms with Crippen LogP contribution in [-0.2, 0) is 19.4 Å². The highest BCUT2D eigenvalue weighted by atomic mass is 32.1. The Bertz CT molecular complexity index is 1050. The summed E-state index contributed by atoms with van der Waals surface area (Å²) in [5.41, 5.74) is 10.5. The number of para-hydroxylation sites is 1. The first-order valence-corrected chi connectivity index (χ1v) is 9.51. The summed E-state index contributed by atoms with van der Waals surface area (Å²) in [6, 6.07) is 8.35. The molecule has 5 rings (SSSR count). The molecule has 0 atom stereocenters. The Balaban J connectivity index is 1.40. The van der Waals surface area contributed by atoms with Crippen molar-refractivity contribution in [2.24, 2.45) is 0 Å². The quantitative estimate of drug-likeness (QED) is 0.484. The standard InChI is InChI=1S/C19H19N5S/c1-3-7-15-13(5-1)12(9-20-15)10-23-24-18-17-14-6-2-4-8-16(14)25-19(17)22-11-21-18/h1,3,5,7,9,11,20,23H,2,4,6,8,10H2,(H,21,22,24). The van der Waals surface area contributed by atoms with Crippen molar-refractivity contribution in [2.45, 2.75) is 32.2 Å². The normalized spacial score (nSPS) is 14.1. The second kappa shape index (κ2) is 6.13. The fraction of sp³-hybridized carbons (Fsp3) is 0.263. The lowest BCUT2D eigenvalue weighted by atomic mass is 9.97. The molecule has 4 aromatic rings. The van der Waals surface area contributed by atoms with Gasteiger partial charge in [0, 0.05) is 28.5 Å². The maximum Gasteiger partial charge on any atom is 0.152 e. The fourth-order valence-electron chi connectivity index (χ4n) is 3.69. The summed E-state index contributed by atoms with van der Waals surface area (Å²) < 4.78 is 0. The number of nitrogens with zero attached hydrogens (tertiary/aromatic N) is 2. The van der Waals surface area contributed by atoms with Crippen LogP contribution in [0.2, 0.25) is 0 Å². The van der Waals surface area contributed by atoms with Gasteiger partial charge < -0.3 is 10.4 Å². The lowest BCUT2D eigenvalue weighted by molar-refractivity contribution is 0.700. The molecule has 1 aromatic carbocycles. The van der Waals surface area contributed by atoms with Gasteiger partial charge in [-0.15, -0.1) is 11.3 Å². The lowest BCUT2D eigenvalue weighted by Gasteiger charge is -2.12. The first-order valence-electron chi connectivity index (χ1n) is 8.69. The minimum Gasteiger partial charge on any atom is -0.361 e. The topological polar surface area (TPSA) is 65.6 Å². The largest absolute Gasteiger partial charge is 0.361 e. The number of aromatic amines is 1. The van der Waals surface area contributed by atoms with Crippen LogP contribution in [0.5, 0.6) is 0 Å². The van der Waals surface area contributed by atoms with Crippen molar-refractivity contribution in [3.05, 3.63) is 52.8 Å². The number of rotatable bonds is 4. The van der Waals surface area contributed by atoms with E-state index in [0.717, 1.165) is 29.1 Å². The smallest absolute Gasteiger partial charge is 0.152 e. The maximum atomic E-state index is 4.48. The zero-order chi connectivity index (χ0) is 16.6. The van der Waals surface area contributed by atoms with Crippen molar-refractivity contribution < 1.29 is 0 Å². The molecule has 6 heteroatoms. The van der Waals surface area contributed by atoms with E-state index in [2.05, 4.69) is 50.2 Å². The third-order valence-corrected chi connectivity index (χ3v) is 6.11. The molecule has 0 spiro atoms. The van der Waals surface area contributed by atoms with Crippen LogP contribution >= 0.6 is 11.3 Å². The minimum absolute atomic E-state index is 0.724. The number of H-pyrrole nitrogens is 1. The average molecular weight is 349 g/mol. The van der Waals surface area contributed by atoms with Gasteiger partial charge in [-0.3, -0.25) is 0 Å². The van der Waals surface area contributed by atoms with Crippen LogP contribution in [0.25, 0.3) is 21.1 Å². The molecule has 0 amide bonds. The van der Waals surface area contributed by atoms with E-state index in [1.165, 1.54) is 46.0 Å². The number of thiophene rings is 1. The SMILES string of the molecule is c1ccc2c(CNNc3ncnc4sc5c(c34)CCCC5)c[nH]c2c1. The maximum absolute atomic E-state index is 4.48. The van der Waals surface area contributed by atoms with E-state index >= 15 is 0 Å². The van der Waals surface area contributed by atoms with Crippen molar-refractivity contribution >= 4 is 38.3 Å². The highest BCUT2D eigenvalue weighted by Gasteiger charge is 2.19. The summed E-state index contributed by atoms with van der Waals surface area (Å²) in [6.07, 6.45) is 8.57. The first kappa shape index (κ1) is 14.9. The Kier molecular flexibility index (Phi) is 3.64. The average Bonchev–Trinajstić information content (AvgIpc) is 3.23. The summed E-state index contributed by atoms with van der Waals surface area (Å²) in [5.74, 6) is 0.893. The Morgan fingerprint density at radius 1 is 1.12 bits per heavy atom. The van der Waals surface area contributed by atoms with E-state index in [1.54, 1.807) is 6.33 Å². The first-order chi connectivity index (χ1) is 12.4. The molecule has 1 aliphatic carbocycles. The highest BCUT2D eigenvalue weighted by molar-refractivity contribution is 7.19.